The number of hydrogen-bond donors (Lipinski definition) is 1. The molecule has 0 aliphatic heterocycles. The molecule has 0 atom stereocenters. The molecule has 92 valence electrons. The summed E-state index contributed by atoms with van der Waals surface area (Å²) in [5, 5.41) is 0. The van der Waals surface area contributed by atoms with Gasteiger partial charge in [-0.15, -0.1) is 6.42 Å². The van der Waals surface area contributed by atoms with Gasteiger partial charge in [0.2, 0.25) is 10.0 Å². The van der Waals surface area contributed by atoms with Crippen molar-refractivity contribution in [3.63, 3.8) is 0 Å². The third kappa shape index (κ3) is 2.80. The molecule has 1 rings (SSSR count). The molecule has 4 nitrogen and oxygen atoms in total. The first-order chi connectivity index (χ1) is 7.80. The van der Waals surface area contributed by atoms with Crippen molar-refractivity contribution in [2.24, 2.45) is 0 Å². The van der Waals surface area contributed by atoms with Crippen LogP contribution < -0.4 is 5.73 Å². The van der Waals surface area contributed by atoms with E-state index in [-0.39, 0.29) is 11.4 Å². The Hall–Kier alpha value is -1.03. The van der Waals surface area contributed by atoms with Gasteiger partial charge in [0, 0.05) is 17.2 Å². The standard InChI is InChI=1S/C11H13BrN2O2S/c1-4-5-14(3)17(15,16)11-7-9(12)6-10(13)8(11)2/h1,6-7H,5,13H2,2-3H3. The molecule has 6 heteroatoms. The van der Waals surface area contributed by atoms with E-state index in [1.54, 1.807) is 13.0 Å². The molecule has 0 amide bonds. The number of nitrogens with zero attached hydrogens (tertiary/aromatic N) is 1. The molecule has 0 heterocycles. The van der Waals surface area contributed by atoms with E-state index in [0.29, 0.717) is 15.7 Å². The molecule has 0 saturated carbocycles. The topological polar surface area (TPSA) is 63.4 Å². The van der Waals surface area contributed by atoms with Crippen molar-refractivity contribution in [2.45, 2.75) is 11.8 Å². The maximum Gasteiger partial charge on any atom is 0.244 e. The molecule has 2 N–H and O–H groups in total. The summed E-state index contributed by atoms with van der Waals surface area (Å²) in [7, 11) is -2.16. The molecular formula is C11H13BrN2O2S. The Kier molecular flexibility index (Phi) is 4.20. The highest BCUT2D eigenvalue weighted by Crippen LogP contribution is 2.27. The number of benzene rings is 1. The first-order valence-electron chi connectivity index (χ1n) is 4.76. The van der Waals surface area contributed by atoms with Crippen LogP contribution in [0.5, 0.6) is 0 Å². The van der Waals surface area contributed by atoms with Crippen LogP contribution >= 0.6 is 15.9 Å². The van der Waals surface area contributed by atoms with Gasteiger partial charge in [0.05, 0.1) is 11.4 Å². The molecule has 1 aromatic carbocycles. The number of terminal acetylenes is 1. The zero-order valence-electron chi connectivity index (χ0n) is 9.57. The van der Waals surface area contributed by atoms with Crippen molar-refractivity contribution in [3.8, 4) is 12.3 Å². The van der Waals surface area contributed by atoms with Crippen molar-refractivity contribution in [1.82, 2.24) is 4.31 Å². The quantitative estimate of drug-likeness (QED) is 0.680. The minimum Gasteiger partial charge on any atom is -0.398 e. The number of nitrogens with two attached hydrogens (primary N) is 1. The second kappa shape index (κ2) is 5.08. The molecule has 0 aromatic heterocycles. The summed E-state index contributed by atoms with van der Waals surface area (Å²) in [5.41, 5.74) is 6.69. The molecule has 17 heavy (non-hydrogen) atoms. The van der Waals surface area contributed by atoms with Gasteiger partial charge in [-0.25, -0.2) is 8.42 Å². The predicted molar refractivity (Wildman–Crippen MR) is 71.9 cm³/mol. The lowest BCUT2D eigenvalue weighted by Gasteiger charge is -2.17. The zero-order chi connectivity index (χ0) is 13.2. The number of hydrogen-bond acceptors (Lipinski definition) is 3. The molecular weight excluding hydrogens is 304 g/mol. The fraction of sp³-hybridized carbons (Fsp3) is 0.273. The van der Waals surface area contributed by atoms with Crippen molar-refractivity contribution >= 4 is 31.6 Å². The Morgan fingerprint density at radius 3 is 2.65 bits per heavy atom. The second-order valence-corrected chi connectivity index (χ2v) is 6.51. The van der Waals surface area contributed by atoms with Crippen molar-refractivity contribution in [3.05, 3.63) is 22.2 Å². The lowest BCUT2D eigenvalue weighted by atomic mass is 10.2. The Morgan fingerprint density at radius 1 is 1.53 bits per heavy atom. The summed E-state index contributed by atoms with van der Waals surface area (Å²) < 4.78 is 26.1. The van der Waals surface area contributed by atoms with Gasteiger partial charge in [0.15, 0.2) is 0 Å². The van der Waals surface area contributed by atoms with Crippen LogP contribution in [0.15, 0.2) is 21.5 Å². The van der Waals surface area contributed by atoms with Gasteiger partial charge in [0.25, 0.3) is 0 Å². The summed E-state index contributed by atoms with van der Waals surface area (Å²) in [4.78, 5) is 0.169. The Balaban J connectivity index is 3.40. The van der Waals surface area contributed by atoms with E-state index in [1.807, 2.05) is 0 Å². The van der Waals surface area contributed by atoms with Crippen LogP contribution in [0.4, 0.5) is 5.69 Å². The normalized spacial score (nSPS) is 11.5. The van der Waals surface area contributed by atoms with Crippen LogP contribution in [-0.4, -0.2) is 26.3 Å². The Morgan fingerprint density at radius 2 is 2.12 bits per heavy atom. The highest BCUT2D eigenvalue weighted by molar-refractivity contribution is 9.10. The van der Waals surface area contributed by atoms with Crippen molar-refractivity contribution in [2.75, 3.05) is 19.3 Å². The fourth-order valence-electron chi connectivity index (χ4n) is 1.32. The van der Waals surface area contributed by atoms with Gasteiger partial charge in [-0.3, -0.25) is 0 Å². The average molecular weight is 317 g/mol. The van der Waals surface area contributed by atoms with E-state index in [1.165, 1.54) is 13.1 Å². The smallest absolute Gasteiger partial charge is 0.244 e. The Labute approximate surface area is 110 Å². The van der Waals surface area contributed by atoms with Crippen LogP contribution in [0.2, 0.25) is 0 Å². The number of halogens is 1. The molecule has 0 aliphatic carbocycles. The van der Waals surface area contributed by atoms with Crippen molar-refractivity contribution in [1.29, 1.82) is 0 Å². The molecule has 0 aliphatic rings. The molecule has 0 fully saturated rings. The fourth-order valence-corrected chi connectivity index (χ4v) is 3.31. The number of sulfonamides is 1. The molecule has 0 unspecified atom stereocenters. The number of rotatable bonds is 3. The van der Waals surface area contributed by atoms with Gasteiger partial charge in [-0.2, -0.15) is 4.31 Å². The van der Waals surface area contributed by atoms with Gasteiger partial charge in [-0.1, -0.05) is 21.9 Å². The monoisotopic (exact) mass is 316 g/mol. The summed E-state index contributed by atoms with van der Waals surface area (Å²) in [6.07, 6.45) is 5.11. The SMILES string of the molecule is C#CCN(C)S(=O)(=O)c1cc(Br)cc(N)c1C. The van der Waals surface area contributed by atoms with E-state index >= 15 is 0 Å². The minimum atomic E-state index is -3.60. The van der Waals surface area contributed by atoms with Gasteiger partial charge < -0.3 is 5.73 Å². The lowest BCUT2D eigenvalue weighted by Crippen LogP contribution is -2.28. The Bertz CT molecular complexity index is 576. The number of nitrogen functional groups attached to an aromatic ring is 1. The predicted octanol–water partition coefficient (Wildman–Crippen LogP) is 1.59. The van der Waals surface area contributed by atoms with E-state index < -0.39 is 10.0 Å². The third-order valence-electron chi connectivity index (χ3n) is 2.37. The van der Waals surface area contributed by atoms with E-state index in [4.69, 9.17) is 12.2 Å². The van der Waals surface area contributed by atoms with Crippen LogP contribution in [-0.2, 0) is 10.0 Å². The summed E-state index contributed by atoms with van der Waals surface area (Å²) >= 11 is 3.22. The molecule has 0 saturated heterocycles. The summed E-state index contributed by atoms with van der Waals surface area (Å²) in [5.74, 6) is 2.30. The van der Waals surface area contributed by atoms with Gasteiger partial charge in [-0.05, 0) is 24.6 Å². The highest BCUT2D eigenvalue weighted by Gasteiger charge is 2.23. The van der Waals surface area contributed by atoms with E-state index in [9.17, 15) is 8.42 Å². The van der Waals surface area contributed by atoms with Crippen LogP contribution in [0.25, 0.3) is 0 Å². The second-order valence-electron chi connectivity index (χ2n) is 3.58. The van der Waals surface area contributed by atoms with Gasteiger partial charge in [0.1, 0.15) is 0 Å². The van der Waals surface area contributed by atoms with Crippen LogP contribution in [0.1, 0.15) is 5.56 Å². The number of anilines is 1. The third-order valence-corrected chi connectivity index (χ3v) is 4.75. The van der Waals surface area contributed by atoms with Crippen molar-refractivity contribution < 1.29 is 8.42 Å². The average Bonchev–Trinajstić information content (AvgIpc) is 2.23. The van der Waals surface area contributed by atoms with Crippen LogP contribution in [0, 0.1) is 19.3 Å². The molecule has 0 bridgehead atoms. The van der Waals surface area contributed by atoms with Crippen LogP contribution in [0.3, 0.4) is 0 Å². The summed E-state index contributed by atoms with van der Waals surface area (Å²) in [6.45, 7) is 1.69. The largest absolute Gasteiger partial charge is 0.398 e. The molecule has 0 spiro atoms. The minimum absolute atomic E-state index is 0.0220. The lowest BCUT2D eigenvalue weighted by molar-refractivity contribution is 0.502. The van der Waals surface area contributed by atoms with Gasteiger partial charge >= 0.3 is 0 Å². The highest BCUT2D eigenvalue weighted by atomic mass is 79.9. The molecule has 1 aromatic rings. The van der Waals surface area contributed by atoms with E-state index in [0.717, 1.165) is 4.31 Å². The van der Waals surface area contributed by atoms with E-state index in [2.05, 4.69) is 21.9 Å². The first-order valence-corrected chi connectivity index (χ1v) is 6.99. The first kappa shape index (κ1) is 14.0. The summed E-state index contributed by atoms with van der Waals surface area (Å²) in [6, 6.07) is 3.18. The maximum atomic E-state index is 12.2. The molecule has 0 radical (unpaired) electrons. The maximum absolute atomic E-state index is 12.2. The zero-order valence-corrected chi connectivity index (χ0v) is 12.0.